The van der Waals surface area contributed by atoms with Crippen molar-refractivity contribution in [3.05, 3.63) is 42.5 Å². The number of rotatable bonds is 6. The highest BCUT2D eigenvalue weighted by Crippen LogP contribution is 2.24. The van der Waals surface area contributed by atoms with Gasteiger partial charge in [-0.25, -0.2) is 9.59 Å². The Morgan fingerprint density at radius 1 is 1.47 bits per heavy atom. The van der Waals surface area contributed by atoms with E-state index in [1.54, 1.807) is 24.3 Å². The van der Waals surface area contributed by atoms with Gasteiger partial charge in [-0.1, -0.05) is 30.9 Å². The molecule has 1 aromatic carbocycles. The van der Waals surface area contributed by atoms with E-state index in [1.165, 1.54) is 13.2 Å². The highest BCUT2D eigenvalue weighted by molar-refractivity contribution is 5.82. The normalized spacial score (nSPS) is 11.2. The summed E-state index contributed by atoms with van der Waals surface area (Å²) in [7, 11) is 1.42. The number of carboxylic acid groups (broad SMARTS) is 1. The number of benzene rings is 1. The predicted octanol–water partition coefficient (Wildman–Crippen LogP) is 1.73. The Bertz CT molecular complexity index is 472. The largest absolute Gasteiger partial charge is 0.496 e. The zero-order valence-electron chi connectivity index (χ0n) is 10.5. The third kappa shape index (κ3) is 4.02. The van der Waals surface area contributed by atoms with Crippen molar-refractivity contribution in [2.45, 2.75) is 6.04 Å². The van der Waals surface area contributed by atoms with Crippen LogP contribution in [0, 0.1) is 0 Å². The Labute approximate surface area is 110 Å². The molecular formula is C13H15NO5. The molecule has 0 radical (unpaired) electrons. The Balaban J connectivity index is 2.91. The second-order valence-corrected chi connectivity index (χ2v) is 3.54. The predicted molar refractivity (Wildman–Crippen MR) is 68.1 cm³/mol. The molecule has 0 aromatic heterocycles. The second-order valence-electron chi connectivity index (χ2n) is 3.54. The van der Waals surface area contributed by atoms with Crippen LogP contribution in [0.3, 0.4) is 0 Å². The van der Waals surface area contributed by atoms with Crippen LogP contribution in [0.2, 0.25) is 0 Å². The van der Waals surface area contributed by atoms with E-state index in [-0.39, 0.29) is 6.61 Å². The molecule has 1 rings (SSSR count). The molecule has 102 valence electrons. The molecule has 0 aliphatic carbocycles. The molecule has 6 heteroatoms. The van der Waals surface area contributed by atoms with Crippen LogP contribution in [0.4, 0.5) is 4.79 Å². The van der Waals surface area contributed by atoms with Gasteiger partial charge in [-0.3, -0.25) is 0 Å². The van der Waals surface area contributed by atoms with Crippen LogP contribution in [0.25, 0.3) is 0 Å². The summed E-state index contributed by atoms with van der Waals surface area (Å²) in [4.78, 5) is 22.6. The van der Waals surface area contributed by atoms with E-state index in [4.69, 9.17) is 9.47 Å². The number of para-hydroxylation sites is 1. The van der Waals surface area contributed by atoms with Crippen molar-refractivity contribution < 1.29 is 24.2 Å². The standard InChI is InChI=1S/C13H15NO5/c1-3-8-19-13(17)14-11(12(15)16)9-6-4-5-7-10(9)18-2/h3-7,11H,1,8H2,2H3,(H,14,17)(H,15,16). The molecule has 1 amide bonds. The van der Waals surface area contributed by atoms with Crippen LogP contribution in [-0.2, 0) is 9.53 Å². The van der Waals surface area contributed by atoms with Gasteiger partial charge < -0.3 is 19.9 Å². The minimum absolute atomic E-state index is 0.00406. The molecule has 0 fully saturated rings. The molecule has 0 aliphatic heterocycles. The highest BCUT2D eigenvalue weighted by atomic mass is 16.5. The van der Waals surface area contributed by atoms with Gasteiger partial charge in [0.15, 0.2) is 6.04 Å². The number of ether oxygens (including phenoxy) is 2. The zero-order valence-corrected chi connectivity index (χ0v) is 10.5. The van der Waals surface area contributed by atoms with E-state index in [9.17, 15) is 14.7 Å². The van der Waals surface area contributed by atoms with E-state index in [2.05, 4.69) is 11.9 Å². The van der Waals surface area contributed by atoms with Gasteiger partial charge in [0, 0.05) is 5.56 Å². The first-order valence-electron chi connectivity index (χ1n) is 5.50. The van der Waals surface area contributed by atoms with Crippen molar-refractivity contribution in [1.82, 2.24) is 5.32 Å². The molecule has 1 aromatic rings. The Morgan fingerprint density at radius 3 is 2.74 bits per heavy atom. The summed E-state index contributed by atoms with van der Waals surface area (Å²) >= 11 is 0. The average molecular weight is 265 g/mol. The smallest absolute Gasteiger partial charge is 0.408 e. The van der Waals surface area contributed by atoms with Gasteiger partial charge in [0.05, 0.1) is 7.11 Å². The fourth-order valence-electron chi connectivity index (χ4n) is 1.47. The van der Waals surface area contributed by atoms with Crippen molar-refractivity contribution in [3.63, 3.8) is 0 Å². The van der Waals surface area contributed by atoms with Gasteiger partial charge in [0.1, 0.15) is 12.4 Å². The van der Waals surface area contributed by atoms with E-state index >= 15 is 0 Å². The van der Waals surface area contributed by atoms with Gasteiger partial charge in [0.2, 0.25) is 0 Å². The lowest BCUT2D eigenvalue weighted by atomic mass is 10.1. The summed E-state index contributed by atoms with van der Waals surface area (Å²) < 4.78 is 9.76. The SMILES string of the molecule is C=CCOC(=O)NC(C(=O)O)c1ccccc1OC. The Hall–Kier alpha value is -2.50. The maximum Gasteiger partial charge on any atom is 0.408 e. The average Bonchev–Trinajstić information content (AvgIpc) is 2.42. The summed E-state index contributed by atoms with van der Waals surface area (Å²) in [5.41, 5.74) is 0.341. The molecule has 2 N–H and O–H groups in total. The maximum absolute atomic E-state index is 11.4. The molecule has 0 bridgehead atoms. The summed E-state index contributed by atoms with van der Waals surface area (Å²) in [6.45, 7) is 3.40. The molecule has 1 atom stereocenters. The number of aliphatic carboxylic acids is 1. The van der Waals surface area contributed by atoms with Crippen molar-refractivity contribution in [2.24, 2.45) is 0 Å². The summed E-state index contributed by atoms with van der Waals surface area (Å²) in [6.07, 6.45) is 0.552. The number of hydrogen-bond acceptors (Lipinski definition) is 4. The lowest BCUT2D eigenvalue weighted by molar-refractivity contribution is -0.139. The third-order valence-electron chi connectivity index (χ3n) is 2.29. The van der Waals surface area contributed by atoms with Crippen molar-refractivity contribution in [2.75, 3.05) is 13.7 Å². The Kier molecular flexibility index (Phi) is 5.40. The lowest BCUT2D eigenvalue weighted by Gasteiger charge is -2.17. The van der Waals surface area contributed by atoms with Crippen LogP contribution in [0.1, 0.15) is 11.6 Å². The van der Waals surface area contributed by atoms with Crippen LogP contribution < -0.4 is 10.1 Å². The van der Waals surface area contributed by atoms with E-state index < -0.39 is 18.1 Å². The number of carboxylic acids is 1. The van der Waals surface area contributed by atoms with E-state index in [1.807, 2.05) is 0 Å². The number of nitrogens with one attached hydrogen (secondary N) is 1. The van der Waals surface area contributed by atoms with E-state index in [0.717, 1.165) is 0 Å². The summed E-state index contributed by atoms with van der Waals surface area (Å²) in [6, 6.07) is 5.29. The molecule has 19 heavy (non-hydrogen) atoms. The summed E-state index contributed by atoms with van der Waals surface area (Å²) in [5, 5.41) is 11.4. The number of amides is 1. The van der Waals surface area contributed by atoms with Gasteiger partial charge in [-0.05, 0) is 6.07 Å². The van der Waals surface area contributed by atoms with Gasteiger partial charge >= 0.3 is 12.1 Å². The van der Waals surface area contributed by atoms with Crippen LogP contribution in [0.15, 0.2) is 36.9 Å². The molecule has 0 spiro atoms. The van der Waals surface area contributed by atoms with Crippen LogP contribution in [-0.4, -0.2) is 30.9 Å². The molecular weight excluding hydrogens is 250 g/mol. The number of carbonyl (C=O) groups excluding carboxylic acids is 1. The van der Waals surface area contributed by atoms with Gasteiger partial charge in [-0.15, -0.1) is 0 Å². The topological polar surface area (TPSA) is 84.9 Å². The molecule has 0 heterocycles. The Morgan fingerprint density at radius 2 is 2.16 bits per heavy atom. The van der Waals surface area contributed by atoms with Crippen LogP contribution >= 0.6 is 0 Å². The quantitative estimate of drug-likeness (QED) is 0.765. The molecule has 1 unspecified atom stereocenters. The molecule has 0 saturated heterocycles. The minimum Gasteiger partial charge on any atom is -0.496 e. The van der Waals surface area contributed by atoms with Crippen molar-refractivity contribution >= 4 is 12.1 Å². The van der Waals surface area contributed by atoms with E-state index in [0.29, 0.717) is 11.3 Å². The second kappa shape index (κ2) is 7.05. The molecule has 0 aliphatic rings. The van der Waals surface area contributed by atoms with Crippen molar-refractivity contribution in [1.29, 1.82) is 0 Å². The third-order valence-corrected chi connectivity index (χ3v) is 2.29. The fourth-order valence-corrected chi connectivity index (χ4v) is 1.47. The van der Waals surface area contributed by atoms with Crippen molar-refractivity contribution in [3.8, 4) is 5.75 Å². The highest BCUT2D eigenvalue weighted by Gasteiger charge is 2.25. The first-order chi connectivity index (χ1) is 9.10. The maximum atomic E-state index is 11.4. The number of methoxy groups -OCH3 is 1. The monoisotopic (exact) mass is 265 g/mol. The van der Waals surface area contributed by atoms with Gasteiger partial charge in [0.25, 0.3) is 0 Å². The zero-order chi connectivity index (χ0) is 14.3. The summed E-state index contributed by atoms with van der Waals surface area (Å²) in [5.74, 6) is -0.834. The lowest BCUT2D eigenvalue weighted by Crippen LogP contribution is -2.34. The number of alkyl carbamates (subject to hydrolysis) is 1. The molecule has 6 nitrogen and oxygen atoms in total. The number of carbonyl (C=O) groups is 2. The number of hydrogen-bond donors (Lipinski definition) is 2. The first-order valence-corrected chi connectivity index (χ1v) is 5.50. The molecule has 0 saturated carbocycles. The fraction of sp³-hybridized carbons (Fsp3) is 0.231. The van der Waals surface area contributed by atoms with Gasteiger partial charge in [-0.2, -0.15) is 0 Å². The first kappa shape index (κ1) is 14.6. The minimum atomic E-state index is -1.24. The van der Waals surface area contributed by atoms with Crippen LogP contribution in [0.5, 0.6) is 5.75 Å².